The van der Waals surface area contributed by atoms with Gasteiger partial charge in [0.1, 0.15) is 12.4 Å². The van der Waals surface area contributed by atoms with Gasteiger partial charge in [0.25, 0.3) is 5.91 Å². The quantitative estimate of drug-likeness (QED) is 0.413. The third kappa shape index (κ3) is 5.32. The van der Waals surface area contributed by atoms with Crippen molar-refractivity contribution in [3.8, 4) is 5.75 Å². The molecule has 0 aliphatic rings. The predicted molar refractivity (Wildman–Crippen MR) is 119 cm³/mol. The second kappa shape index (κ2) is 9.65. The standard InChI is InChI=1S/C21H20BrCl2N3O2/c1-3-27-19(17(22)11-25-27)12-26(2)21(28)15-6-4-14(5-7-15)13-29-20-9-8-16(23)10-18(20)24/h4-11H,3,12-13H2,1-2H3. The number of hydrogen-bond acceptors (Lipinski definition) is 3. The Balaban J connectivity index is 1.62. The van der Waals surface area contributed by atoms with Gasteiger partial charge in [-0.1, -0.05) is 35.3 Å². The first-order valence-corrected chi connectivity index (χ1v) is 10.6. The molecule has 29 heavy (non-hydrogen) atoms. The molecule has 1 amide bonds. The first kappa shape index (κ1) is 21.7. The molecule has 0 saturated heterocycles. The summed E-state index contributed by atoms with van der Waals surface area (Å²) in [5, 5.41) is 5.31. The average Bonchev–Trinajstić information content (AvgIpc) is 3.06. The van der Waals surface area contributed by atoms with Crippen molar-refractivity contribution in [2.24, 2.45) is 0 Å². The Morgan fingerprint density at radius 3 is 2.59 bits per heavy atom. The number of hydrogen-bond donors (Lipinski definition) is 0. The van der Waals surface area contributed by atoms with Gasteiger partial charge >= 0.3 is 0 Å². The van der Waals surface area contributed by atoms with Crippen molar-refractivity contribution < 1.29 is 9.53 Å². The molecule has 5 nitrogen and oxygen atoms in total. The van der Waals surface area contributed by atoms with Crippen LogP contribution < -0.4 is 4.74 Å². The topological polar surface area (TPSA) is 47.4 Å². The number of rotatable bonds is 7. The van der Waals surface area contributed by atoms with Crippen LogP contribution in [-0.4, -0.2) is 27.6 Å². The Kier molecular flexibility index (Phi) is 7.22. The lowest BCUT2D eigenvalue weighted by atomic mass is 10.1. The molecule has 0 spiro atoms. The summed E-state index contributed by atoms with van der Waals surface area (Å²) >= 11 is 15.5. The Morgan fingerprint density at radius 2 is 1.93 bits per heavy atom. The number of carbonyl (C=O) groups is 1. The van der Waals surface area contributed by atoms with Crippen LogP contribution in [0.2, 0.25) is 10.0 Å². The van der Waals surface area contributed by atoms with Gasteiger partial charge in [-0.15, -0.1) is 0 Å². The highest BCUT2D eigenvalue weighted by molar-refractivity contribution is 9.10. The van der Waals surface area contributed by atoms with Crippen LogP contribution in [0.15, 0.2) is 53.1 Å². The second-order valence-corrected chi connectivity index (χ2v) is 8.17. The predicted octanol–water partition coefficient (Wildman–Crippen LogP) is 5.82. The number of carbonyl (C=O) groups excluding carboxylic acids is 1. The van der Waals surface area contributed by atoms with Gasteiger partial charge in [-0.25, -0.2) is 0 Å². The first-order chi connectivity index (χ1) is 13.9. The Bertz CT molecular complexity index is 1010. The fourth-order valence-electron chi connectivity index (χ4n) is 2.83. The van der Waals surface area contributed by atoms with Gasteiger partial charge in [0.05, 0.1) is 27.9 Å². The van der Waals surface area contributed by atoms with Crippen molar-refractivity contribution in [1.82, 2.24) is 14.7 Å². The molecule has 3 rings (SSSR count). The third-order valence-corrected chi connectivity index (χ3v) is 5.61. The van der Waals surface area contributed by atoms with E-state index in [0.29, 0.717) is 34.5 Å². The van der Waals surface area contributed by atoms with E-state index in [2.05, 4.69) is 21.0 Å². The number of aromatic nitrogens is 2. The van der Waals surface area contributed by atoms with Gasteiger partial charge in [-0.05, 0) is 58.7 Å². The van der Waals surface area contributed by atoms with Crippen molar-refractivity contribution in [3.63, 3.8) is 0 Å². The van der Waals surface area contributed by atoms with E-state index in [0.717, 1.165) is 22.3 Å². The van der Waals surface area contributed by atoms with E-state index < -0.39 is 0 Å². The van der Waals surface area contributed by atoms with Crippen LogP contribution in [0.4, 0.5) is 0 Å². The highest BCUT2D eigenvalue weighted by atomic mass is 79.9. The minimum Gasteiger partial charge on any atom is -0.487 e. The average molecular weight is 497 g/mol. The van der Waals surface area contributed by atoms with Crippen LogP contribution in [0.1, 0.15) is 28.5 Å². The van der Waals surface area contributed by atoms with Crippen molar-refractivity contribution in [2.75, 3.05) is 7.05 Å². The number of amides is 1. The highest BCUT2D eigenvalue weighted by Gasteiger charge is 2.16. The monoisotopic (exact) mass is 495 g/mol. The maximum atomic E-state index is 12.8. The molecule has 2 aromatic carbocycles. The van der Waals surface area contributed by atoms with Crippen LogP contribution >= 0.6 is 39.1 Å². The Morgan fingerprint density at radius 1 is 1.21 bits per heavy atom. The number of aryl methyl sites for hydroxylation is 1. The van der Waals surface area contributed by atoms with E-state index in [4.69, 9.17) is 27.9 Å². The van der Waals surface area contributed by atoms with Gasteiger partial charge < -0.3 is 9.64 Å². The summed E-state index contributed by atoms with van der Waals surface area (Å²) < 4.78 is 8.50. The lowest BCUT2D eigenvalue weighted by Gasteiger charge is -2.18. The maximum Gasteiger partial charge on any atom is 0.253 e. The summed E-state index contributed by atoms with van der Waals surface area (Å²) in [7, 11) is 1.78. The molecular formula is C21H20BrCl2N3O2. The summed E-state index contributed by atoms with van der Waals surface area (Å²) in [6, 6.07) is 12.4. The lowest BCUT2D eigenvalue weighted by molar-refractivity contribution is 0.0781. The van der Waals surface area contributed by atoms with E-state index in [1.54, 1.807) is 48.5 Å². The van der Waals surface area contributed by atoms with Gasteiger partial charge in [0.15, 0.2) is 0 Å². The summed E-state index contributed by atoms with van der Waals surface area (Å²) in [5.74, 6) is 0.503. The van der Waals surface area contributed by atoms with Crippen LogP contribution in [-0.2, 0) is 19.7 Å². The van der Waals surface area contributed by atoms with Crippen LogP contribution in [0, 0.1) is 0 Å². The van der Waals surface area contributed by atoms with Gasteiger partial charge in [0, 0.05) is 24.2 Å². The molecule has 1 aromatic heterocycles. The van der Waals surface area contributed by atoms with Crippen molar-refractivity contribution in [1.29, 1.82) is 0 Å². The normalized spacial score (nSPS) is 10.8. The molecule has 0 fully saturated rings. The molecule has 1 heterocycles. The summed E-state index contributed by atoms with van der Waals surface area (Å²) in [5.41, 5.74) is 2.51. The summed E-state index contributed by atoms with van der Waals surface area (Å²) in [6.07, 6.45) is 1.75. The summed E-state index contributed by atoms with van der Waals surface area (Å²) in [4.78, 5) is 14.4. The Labute approximate surface area is 188 Å². The van der Waals surface area contributed by atoms with Crippen molar-refractivity contribution >= 4 is 45.0 Å². The summed E-state index contributed by atoms with van der Waals surface area (Å²) in [6.45, 7) is 3.57. The molecule has 0 saturated carbocycles. The molecule has 0 aliphatic carbocycles. The maximum absolute atomic E-state index is 12.8. The fourth-order valence-corrected chi connectivity index (χ4v) is 3.72. The molecule has 8 heteroatoms. The second-order valence-electron chi connectivity index (χ2n) is 6.48. The van der Waals surface area contributed by atoms with E-state index in [1.165, 1.54) is 0 Å². The minimum atomic E-state index is -0.0611. The van der Waals surface area contributed by atoms with Crippen molar-refractivity contribution in [2.45, 2.75) is 26.6 Å². The third-order valence-electron chi connectivity index (χ3n) is 4.42. The van der Waals surface area contributed by atoms with Crippen LogP contribution in [0.3, 0.4) is 0 Å². The molecule has 0 unspecified atom stereocenters. The van der Waals surface area contributed by atoms with E-state index >= 15 is 0 Å². The fraction of sp³-hybridized carbons (Fsp3) is 0.238. The van der Waals surface area contributed by atoms with E-state index in [1.807, 2.05) is 23.7 Å². The number of halogens is 3. The minimum absolute atomic E-state index is 0.0611. The SMILES string of the molecule is CCn1ncc(Br)c1CN(C)C(=O)c1ccc(COc2ccc(Cl)cc2Cl)cc1. The highest BCUT2D eigenvalue weighted by Crippen LogP contribution is 2.28. The zero-order chi connectivity index (χ0) is 21.0. The first-order valence-electron chi connectivity index (χ1n) is 9.01. The Hall–Kier alpha value is -2.02. The van der Waals surface area contributed by atoms with Crippen molar-refractivity contribution in [3.05, 3.63) is 80.0 Å². The zero-order valence-corrected chi connectivity index (χ0v) is 19.1. The zero-order valence-electron chi connectivity index (χ0n) is 16.0. The van der Waals surface area contributed by atoms with Gasteiger partial charge in [-0.2, -0.15) is 5.10 Å². The van der Waals surface area contributed by atoms with E-state index in [-0.39, 0.29) is 5.91 Å². The molecule has 0 N–H and O–H groups in total. The molecule has 0 atom stereocenters. The largest absolute Gasteiger partial charge is 0.487 e. The van der Waals surface area contributed by atoms with Crippen LogP contribution in [0.25, 0.3) is 0 Å². The number of benzene rings is 2. The van der Waals surface area contributed by atoms with E-state index in [9.17, 15) is 4.79 Å². The molecule has 0 aliphatic heterocycles. The van der Waals surface area contributed by atoms with Gasteiger partial charge in [-0.3, -0.25) is 9.48 Å². The number of ether oxygens (including phenoxy) is 1. The lowest BCUT2D eigenvalue weighted by Crippen LogP contribution is -2.27. The smallest absolute Gasteiger partial charge is 0.253 e. The molecular weight excluding hydrogens is 477 g/mol. The molecule has 3 aromatic rings. The molecule has 0 radical (unpaired) electrons. The molecule has 0 bridgehead atoms. The number of nitrogens with zero attached hydrogens (tertiary/aromatic N) is 3. The molecule has 152 valence electrons. The van der Waals surface area contributed by atoms with Crippen LogP contribution in [0.5, 0.6) is 5.75 Å². The van der Waals surface area contributed by atoms with Gasteiger partial charge in [0.2, 0.25) is 0 Å².